The highest BCUT2D eigenvalue weighted by molar-refractivity contribution is 6.04. The van der Waals surface area contributed by atoms with E-state index in [9.17, 15) is 14.0 Å². The van der Waals surface area contributed by atoms with Crippen molar-refractivity contribution in [3.05, 3.63) is 59.8 Å². The molecule has 152 valence electrons. The minimum atomic E-state index is -1.24. The third kappa shape index (κ3) is 3.43. The van der Waals surface area contributed by atoms with Crippen LogP contribution < -0.4 is 10.2 Å². The molecule has 0 radical (unpaired) electrons. The zero-order chi connectivity index (χ0) is 21.4. The van der Waals surface area contributed by atoms with Crippen LogP contribution in [0.1, 0.15) is 16.1 Å². The van der Waals surface area contributed by atoms with Gasteiger partial charge in [0.15, 0.2) is 0 Å². The highest BCUT2D eigenvalue weighted by atomic mass is 19.1. The fraction of sp³-hybridized carbons (Fsp3) is 0.105. The Kier molecular flexibility index (Phi) is 4.62. The Hall–Kier alpha value is -4.28. The van der Waals surface area contributed by atoms with Gasteiger partial charge in [0.2, 0.25) is 5.82 Å². The lowest BCUT2D eigenvalue weighted by molar-refractivity contribution is 0.102. The number of nitrogens with one attached hydrogen (secondary N) is 1. The zero-order valence-corrected chi connectivity index (χ0v) is 15.8. The lowest BCUT2D eigenvalue weighted by atomic mass is 10.1. The van der Waals surface area contributed by atoms with E-state index in [2.05, 4.69) is 20.4 Å². The van der Waals surface area contributed by atoms with Crippen molar-refractivity contribution in [3.63, 3.8) is 0 Å². The second-order valence-corrected chi connectivity index (χ2v) is 6.44. The maximum absolute atomic E-state index is 13.6. The minimum Gasteiger partial charge on any atom is -0.465 e. The van der Waals surface area contributed by atoms with Gasteiger partial charge in [-0.2, -0.15) is 4.98 Å². The molecule has 3 aromatic heterocycles. The quantitative estimate of drug-likeness (QED) is 0.529. The molecule has 0 aliphatic carbocycles. The van der Waals surface area contributed by atoms with E-state index in [0.717, 1.165) is 10.5 Å². The number of carboxylic acid groups (broad SMARTS) is 1. The molecule has 0 unspecified atom stereocenters. The Labute approximate surface area is 168 Å². The van der Waals surface area contributed by atoms with Gasteiger partial charge in [0.1, 0.15) is 17.2 Å². The summed E-state index contributed by atoms with van der Waals surface area (Å²) in [7, 11) is 1.28. The molecular weight excluding hydrogens is 395 g/mol. The molecule has 4 rings (SSSR count). The van der Waals surface area contributed by atoms with Gasteiger partial charge >= 0.3 is 12.1 Å². The summed E-state index contributed by atoms with van der Waals surface area (Å²) in [6, 6.07) is 7.64. The maximum Gasteiger partial charge on any atom is 0.415 e. The van der Waals surface area contributed by atoms with Crippen LogP contribution in [0.2, 0.25) is 0 Å². The fourth-order valence-corrected chi connectivity index (χ4v) is 2.76. The average Bonchev–Trinajstić information content (AvgIpc) is 3.36. The summed E-state index contributed by atoms with van der Waals surface area (Å²) >= 11 is 0. The predicted octanol–water partition coefficient (Wildman–Crippen LogP) is 3.20. The van der Waals surface area contributed by atoms with E-state index in [-0.39, 0.29) is 17.5 Å². The van der Waals surface area contributed by atoms with Crippen LogP contribution in [0.15, 0.2) is 47.2 Å². The normalized spacial score (nSPS) is 10.9. The van der Waals surface area contributed by atoms with Crippen molar-refractivity contribution < 1.29 is 23.6 Å². The number of aryl methyl sites for hydroxylation is 1. The van der Waals surface area contributed by atoms with E-state index in [1.165, 1.54) is 36.0 Å². The number of nitrogens with zero attached hydrogens (tertiary/aromatic N) is 5. The van der Waals surface area contributed by atoms with Gasteiger partial charge in [-0.15, -0.1) is 0 Å². The van der Waals surface area contributed by atoms with Crippen LogP contribution in [-0.4, -0.2) is 43.7 Å². The van der Waals surface area contributed by atoms with E-state index in [1.54, 1.807) is 25.1 Å². The topological polar surface area (TPSA) is 126 Å². The first-order valence-corrected chi connectivity index (χ1v) is 8.69. The van der Waals surface area contributed by atoms with E-state index < -0.39 is 17.8 Å². The summed E-state index contributed by atoms with van der Waals surface area (Å²) in [6.45, 7) is 1.80. The summed E-state index contributed by atoms with van der Waals surface area (Å²) in [5.41, 5.74) is 2.35. The first-order valence-electron chi connectivity index (χ1n) is 8.69. The van der Waals surface area contributed by atoms with Gasteiger partial charge in [0.05, 0.1) is 6.20 Å². The number of pyridine rings is 1. The molecule has 3 heterocycles. The predicted molar refractivity (Wildman–Crippen MR) is 104 cm³/mol. The molecule has 10 nitrogen and oxygen atoms in total. The first-order chi connectivity index (χ1) is 14.3. The fourth-order valence-electron chi connectivity index (χ4n) is 2.76. The SMILES string of the molecule is Cc1ccc(-c2noc(N(C)C(=O)O)n2)cc1NC(=O)c1cnc2ccc(F)cn12. The molecule has 0 bridgehead atoms. The number of amides is 2. The van der Waals surface area contributed by atoms with Crippen LogP contribution in [0, 0.1) is 12.7 Å². The second kappa shape index (κ2) is 7.28. The molecule has 4 aromatic rings. The largest absolute Gasteiger partial charge is 0.465 e. The molecule has 1 aromatic carbocycles. The number of imidazole rings is 1. The van der Waals surface area contributed by atoms with Gasteiger partial charge in [-0.25, -0.2) is 19.1 Å². The highest BCUT2D eigenvalue weighted by Gasteiger charge is 2.19. The first kappa shape index (κ1) is 19.1. The Morgan fingerprint density at radius 3 is 2.83 bits per heavy atom. The standard InChI is InChI=1S/C19H15FN6O4/c1-10-3-4-11(16-23-18(30-24-16)25(2)19(28)29)7-13(10)22-17(27)14-8-21-15-6-5-12(20)9-26(14)15/h3-9H,1-2H3,(H,22,27)(H,28,29). The van der Waals surface area contributed by atoms with Crippen LogP contribution >= 0.6 is 0 Å². The Balaban J connectivity index is 1.63. The van der Waals surface area contributed by atoms with E-state index in [0.29, 0.717) is 16.9 Å². The number of hydrogen-bond donors (Lipinski definition) is 2. The van der Waals surface area contributed by atoms with E-state index in [4.69, 9.17) is 9.63 Å². The third-order valence-electron chi connectivity index (χ3n) is 4.44. The molecular formula is C19H15FN6O4. The van der Waals surface area contributed by atoms with Crippen molar-refractivity contribution in [2.45, 2.75) is 6.92 Å². The van der Waals surface area contributed by atoms with Crippen molar-refractivity contribution in [1.82, 2.24) is 19.5 Å². The zero-order valence-electron chi connectivity index (χ0n) is 15.8. The third-order valence-corrected chi connectivity index (χ3v) is 4.44. The summed E-state index contributed by atoms with van der Waals surface area (Å²) in [4.78, 5) is 32.7. The van der Waals surface area contributed by atoms with Crippen molar-refractivity contribution in [2.75, 3.05) is 17.3 Å². The molecule has 0 spiro atoms. The van der Waals surface area contributed by atoms with Crippen molar-refractivity contribution in [1.29, 1.82) is 0 Å². The number of halogens is 1. The van der Waals surface area contributed by atoms with Crippen molar-refractivity contribution in [2.24, 2.45) is 0 Å². The maximum atomic E-state index is 13.6. The Morgan fingerprint density at radius 1 is 1.27 bits per heavy atom. The summed E-state index contributed by atoms with van der Waals surface area (Å²) < 4.78 is 19.9. The van der Waals surface area contributed by atoms with E-state index in [1.807, 2.05) is 0 Å². The number of rotatable bonds is 4. The lowest BCUT2D eigenvalue weighted by Crippen LogP contribution is -2.23. The van der Waals surface area contributed by atoms with Crippen molar-refractivity contribution >= 4 is 29.3 Å². The van der Waals surface area contributed by atoms with Crippen LogP contribution in [0.25, 0.3) is 17.0 Å². The molecule has 0 atom stereocenters. The number of aromatic nitrogens is 4. The summed E-state index contributed by atoms with van der Waals surface area (Å²) in [5, 5.41) is 15.5. The second-order valence-electron chi connectivity index (χ2n) is 6.44. The van der Waals surface area contributed by atoms with Crippen LogP contribution in [0.5, 0.6) is 0 Å². The monoisotopic (exact) mass is 410 g/mol. The summed E-state index contributed by atoms with van der Waals surface area (Å²) in [5.74, 6) is -0.815. The molecule has 0 saturated carbocycles. The van der Waals surface area contributed by atoms with Gasteiger partial charge in [-0.1, -0.05) is 17.3 Å². The minimum absolute atomic E-state index is 0.158. The molecule has 11 heteroatoms. The van der Waals surface area contributed by atoms with Crippen molar-refractivity contribution in [3.8, 4) is 11.4 Å². The molecule has 0 aliphatic heterocycles. The van der Waals surface area contributed by atoms with Gasteiger partial charge in [0, 0.05) is 24.5 Å². The molecule has 0 saturated heterocycles. The van der Waals surface area contributed by atoms with Gasteiger partial charge in [0.25, 0.3) is 5.91 Å². The molecule has 30 heavy (non-hydrogen) atoms. The van der Waals surface area contributed by atoms with Gasteiger partial charge < -0.3 is 14.9 Å². The summed E-state index contributed by atoms with van der Waals surface area (Å²) in [6.07, 6.45) is 1.29. The number of carbonyl (C=O) groups is 2. The van der Waals surface area contributed by atoms with E-state index >= 15 is 0 Å². The number of carbonyl (C=O) groups excluding carboxylic acids is 1. The molecule has 0 aliphatic rings. The van der Waals surface area contributed by atoms with Crippen LogP contribution in [0.4, 0.5) is 20.9 Å². The van der Waals surface area contributed by atoms with Gasteiger partial charge in [-0.05, 0) is 30.7 Å². The number of benzene rings is 1. The Bertz CT molecular complexity index is 1280. The van der Waals surface area contributed by atoms with Crippen LogP contribution in [-0.2, 0) is 0 Å². The molecule has 0 fully saturated rings. The smallest absolute Gasteiger partial charge is 0.415 e. The number of anilines is 2. The average molecular weight is 410 g/mol. The van der Waals surface area contributed by atoms with Crippen LogP contribution in [0.3, 0.4) is 0 Å². The highest BCUT2D eigenvalue weighted by Crippen LogP contribution is 2.25. The number of hydrogen-bond acceptors (Lipinski definition) is 6. The molecule has 2 N–H and O–H groups in total. The lowest BCUT2D eigenvalue weighted by Gasteiger charge is -2.09. The van der Waals surface area contributed by atoms with Gasteiger partial charge in [-0.3, -0.25) is 9.20 Å². The Morgan fingerprint density at radius 2 is 2.07 bits per heavy atom. The number of fused-ring (bicyclic) bond motifs is 1. The molecule has 2 amide bonds.